The van der Waals surface area contributed by atoms with Crippen molar-refractivity contribution in [3.05, 3.63) is 65.6 Å². The van der Waals surface area contributed by atoms with Gasteiger partial charge in [-0.2, -0.15) is 4.39 Å². The van der Waals surface area contributed by atoms with Crippen LogP contribution in [0.3, 0.4) is 0 Å². The van der Waals surface area contributed by atoms with Crippen LogP contribution in [0.25, 0.3) is 31.8 Å². The van der Waals surface area contributed by atoms with Gasteiger partial charge in [0, 0.05) is 23.6 Å². The molecule has 1 aliphatic rings. The molecule has 1 N–H and O–H groups in total. The van der Waals surface area contributed by atoms with Crippen LogP contribution in [0.2, 0.25) is 0 Å². The van der Waals surface area contributed by atoms with E-state index in [1.54, 1.807) is 0 Å². The number of hydrogen-bond acceptors (Lipinski definition) is 8. The summed E-state index contributed by atoms with van der Waals surface area (Å²) in [7, 11) is 1.52. The minimum atomic E-state index is -1.26. The van der Waals surface area contributed by atoms with Crippen molar-refractivity contribution >= 4 is 44.4 Å². The highest BCUT2D eigenvalue weighted by Gasteiger charge is 2.33. The second-order valence-corrected chi connectivity index (χ2v) is 9.80. The van der Waals surface area contributed by atoms with Gasteiger partial charge in [-0.25, -0.2) is 29.1 Å². The third-order valence-corrected chi connectivity index (χ3v) is 7.41. The van der Waals surface area contributed by atoms with Crippen LogP contribution in [0.15, 0.2) is 42.7 Å². The zero-order valence-corrected chi connectivity index (χ0v) is 20.9. The number of halogens is 2. The van der Waals surface area contributed by atoms with Gasteiger partial charge in [0.1, 0.15) is 11.1 Å². The molecular formula is C26H19F2N5O4S. The Labute approximate surface area is 218 Å². The van der Waals surface area contributed by atoms with Gasteiger partial charge < -0.3 is 14.6 Å². The summed E-state index contributed by atoms with van der Waals surface area (Å²) in [6.45, 7) is 1.85. The molecule has 0 radical (unpaired) electrons. The highest BCUT2D eigenvalue weighted by atomic mass is 32.1. The van der Waals surface area contributed by atoms with E-state index in [1.807, 2.05) is 19.1 Å². The molecule has 0 fully saturated rings. The van der Waals surface area contributed by atoms with Gasteiger partial charge in [0.05, 0.1) is 53.0 Å². The van der Waals surface area contributed by atoms with E-state index in [-0.39, 0.29) is 24.4 Å². The molecule has 1 amide bonds. The third-order valence-electron chi connectivity index (χ3n) is 6.25. The van der Waals surface area contributed by atoms with Gasteiger partial charge in [-0.1, -0.05) is 0 Å². The summed E-state index contributed by atoms with van der Waals surface area (Å²) in [5, 5.41) is 10.4. The minimum Gasteiger partial charge on any atom is -0.485 e. The van der Waals surface area contributed by atoms with E-state index >= 15 is 4.39 Å². The average molecular weight is 536 g/mol. The number of carbonyl (C=O) groups is 1. The van der Waals surface area contributed by atoms with Crippen molar-refractivity contribution < 1.29 is 28.2 Å². The van der Waals surface area contributed by atoms with Gasteiger partial charge in [-0.3, -0.25) is 4.90 Å². The van der Waals surface area contributed by atoms with Crippen molar-refractivity contribution in [1.82, 2.24) is 19.9 Å². The molecular weight excluding hydrogens is 516 g/mol. The van der Waals surface area contributed by atoms with Crippen molar-refractivity contribution in [3.63, 3.8) is 0 Å². The van der Waals surface area contributed by atoms with Crippen molar-refractivity contribution in [2.75, 3.05) is 18.6 Å². The van der Waals surface area contributed by atoms with E-state index in [0.717, 1.165) is 33.0 Å². The van der Waals surface area contributed by atoms with Gasteiger partial charge in [-0.15, -0.1) is 11.3 Å². The maximum atomic E-state index is 15.1. The quantitative estimate of drug-likeness (QED) is 0.299. The predicted molar refractivity (Wildman–Crippen MR) is 137 cm³/mol. The standard InChI is InChI=1S/C26H19F2N5O4S/c1-12-5-15(22-18(6-12)31-21(36-2)10-30-22)25-32-19-8-17(27)23-16(24(19)38-25)7-14(37-23)11-33(26(34)35)13-3-4-20(28)29-9-13/h3-6,8-10,14H,7,11H2,1-2H3,(H,34,35). The van der Waals surface area contributed by atoms with Crippen LogP contribution in [0.5, 0.6) is 11.6 Å². The second-order valence-electron chi connectivity index (χ2n) is 8.80. The van der Waals surface area contributed by atoms with E-state index in [9.17, 15) is 14.3 Å². The van der Waals surface area contributed by atoms with Crippen molar-refractivity contribution in [3.8, 4) is 22.2 Å². The number of aryl methyl sites for hydroxylation is 1. The number of ether oxygens (including phenoxy) is 2. The van der Waals surface area contributed by atoms with Crippen LogP contribution in [0, 0.1) is 18.7 Å². The SMILES string of the molecule is COc1cnc2c(-c3nc4cc(F)c5c(c4s3)CC(CN(C(=O)O)c3ccc(F)nc3)O5)cc(C)cc2n1. The molecule has 1 unspecified atom stereocenters. The summed E-state index contributed by atoms with van der Waals surface area (Å²) in [4.78, 5) is 30.1. The van der Waals surface area contributed by atoms with Gasteiger partial charge in [0.15, 0.2) is 11.6 Å². The lowest BCUT2D eigenvalue weighted by atomic mass is 10.1. The Morgan fingerprint density at radius 3 is 2.76 bits per heavy atom. The number of nitrogens with zero attached hydrogens (tertiary/aromatic N) is 5. The molecule has 4 heterocycles. The maximum absolute atomic E-state index is 15.1. The average Bonchev–Trinajstić information content (AvgIpc) is 3.51. The van der Waals surface area contributed by atoms with Crippen LogP contribution >= 0.6 is 11.3 Å². The molecule has 0 bridgehead atoms. The monoisotopic (exact) mass is 535 g/mol. The molecule has 9 nitrogen and oxygen atoms in total. The molecule has 192 valence electrons. The summed E-state index contributed by atoms with van der Waals surface area (Å²) in [5.74, 6) is -0.816. The largest absolute Gasteiger partial charge is 0.485 e. The summed E-state index contributed by atoms with van der Waals surface area (Å²) in [6.07, 6.45) is 1.03. The first-order valence-electron chi connectivity index (χ1n) is 11.5. The van der Waals surface area contributed by atoms with Crippen molar-refractivity contribution in [1.29, 1.82) is 0 Å². The highest BCUT2D eigenvalue weighted by molar-refractivity contribution is 7.22. The number of rotatable bonds is 5. The van der Waals surface area contributed by atoms with Crippen LogP contribution < -0.4 is 14.4 Å². The van der Waals surface area contributed by atoms with E-state index < -0.39 is 24.0 Å². The van der Waals surface area contributed by atoms with E-state index in [4.69, 9.17) is 14.5 Å². The number of benzene rings is 2. The van der Waals surface area contributed by atoms with Crippen LogP contribution in [-0.4, -0.2) is 50.9 Å². The Hall–Kier alpha value is -4.45. The Morgan fingerprint density at radius 2 is 2.03 bits per heavy atom. The Bertz CT molecular complexity index is 1730. The van der Waals surface area contributed by atoms with Gasteiger partial charge in [-0.05, 0) is 36.8 Å². The first kappa shape index (κ1) is 23.9. The van der Waals surface area contributed by atoms with Gasteiger partial charge >= 0.3 is 6.09 Å². The number of thiazole rings is 1. The molecule has 0 spiro atoms. The number of methoxy groups -OCH3 is 1. The number of carboxylic acid groups (broad SMARTS) is 1. The smallest absolute Gasteiger partial charge is 0.411 e. The molecule has 0 aliphatic carbocycles. The Balaban J connectivity index is 1.37. The zero-order valence-electron chi connectivity index (χ0n) is 20.1. The number of hydrogen-bond donors (Lipinski definition) is 1. The molecule has 38 heavy (non-hydrogen) atoms. The minimum absolute atomic E-state index is 0.0823. The summed E-state index contributed by atoms with van der Waals surface area (Å²) >= 11 is 1.38. The number of amides is 1. The van der Waals surface area contributed by atoms with E-state index in [0.29, 0.717) is 33.0 Å². The number of pyridine rings is 1. The highest BCUT2D eigenvalue weighted by Crippen LogP contribution is 2.43. The zero-order chi connectivity index (χ0) is 26.6. The fourth-order valence-electron chi connectivity index (χ4n) is 4.58. The fraction of sp³-hybridized carbons (Fsp3) is 0.192. The summed E-state index contributed by atoms with van der Waals surface area (Å²) in [6, 6.07) is 7.58. The maximum Gasteiger partial charge on any atom is 0.411 e. The second kappa shape index (κ2) is 9.14. The molecule has 2 aromatic carbocycles. The van der Waals surface area contributed by atoms with Crippen LogP contribution in [0.1, 0.15) is 11.1 Å². The topological polar surface area (TPSA) is 111 Å². The van der Waals surface area contributed by atoms with Crippen LogP contribution in [0.4, 0.5) is 19.3 Å². The lowest BCUT2D eigenvalue weighted by Crippen LogP contribution is -2.38. The number of anilines is 1. The molecule has 5 aromatic rings. The Morgan fingerprint density at radius 1 is 1.18 bits per heavy atom. The fourth-order valence-corrected chi connectivity index (χ4v) is 5.69. The lowest BCUT2D eigenvalue weighted by Gasteiger charge is -2.22. The van der Waals surface area contributed by atoms with Gasteiger partial charge in [0.25, 0.3) is 0 Å². The summed E-state index contributed by atoms with van der Waals surface area (Å²) < 4.78 is 40.1. The van der Waals surface area contributed by atoms with Crippen molar-refractivity contribution in [2.24, 2.45) is 0 Å². The molecule has 6 rings (SSSR count). The normalized spacial score (nSPS) is 14.5. The Kier molecular flexibility index (Phi) is 5.75. The molecule has 0 saturated carbocycles. The lowest BCUT2D eigenvalue weighted by molar-refractivity contribution is 0.190. The predicted octanol–water partition coefficient (Wildman–Crippen LogP) is 5.38. The summed E-state index contributed by atoms with van der Waals surface area (Å²) in [5.41, 5.74) is 4.31. The first-order valence-corrected chi connectivity index (χ1v) is 12.3. The molecule has 3 aromatic heterocycles. The molecule has 12 heteroatoms. The van der Waals surface area contributed by atoms with E-state index in [2.05, 4.69) is 15.0 Å². The molecule has 1 atom stereocenters. The first-order chi connectivity index (χ1) is 18.3. The molecule has 0 saturated heterocycles. The number of aromatic nitrogens is 4. The molecule has 1 aliphatic heterocycles. The van der Waals surface area contributed by atoms with Crippen molar-refractivity contribution in [2.45, 2.75) is 19.4 Å². The van der Waals surface area contributed by atoms with Crippen LogP contribution in [-0.2, 0) is 6.42 Å². The third kappa shape index (κ3) is 4.12. The van der Waals surface area contributed by atoms with E-state index in [1.165, 1.54) is 36.8 Å². The van der Waals surface area contributed by atoms with Gasteiger partial charge in [0.2, 0.25) is 11.8 Å². The number of fused-ring (bicyclic) bond motifs is 4.